The lowest BCUT2D eigenvalue weighted by atomic mass is 9.88. The number of carbonyl (C=O) groups excluding carboxylic acids is 2. The van der Waals surface area contributed by atoms with Crippen molar-refractivity contribution in [2.45, 2.75) is 44.4 Å². The summed E-state index contributed by atoms with van der Waals surface area (Å²) in [6, 6.07) is 8.29. The summed E-state index contributed by atoms with van der Waals surface area (Å²) in [5, 5.41) is 3.60. The zero-order valence-corrected chi connectivity index (χ0v) is 17.6. The molecule has 1 N–H and O–H groups in total. The van der Waals surface area contributed by atoms with Crippen LogP contribution in [0.5, 0.6) is 0 Å². The second-order valence-electron chi connectivity index (χ2n) is 7.01. The summed E-state index contributed by atoms with van der Waals surface area (Å²) in [6.07, 6.45) is 3.30. The predicted octanol–water partition coefficient (Wildman–Crippen LogP) is 5.09. The van der Waals surface area contributed by atoms with E-state index in [0.717, 1.165) is 29.7 Å². The van der Waals surface area contributed by atoms with Crippen LogP contribution < -0.4 is 5.32 Å². The molecule has 0 unspecified atom stereocenters. The normalized spacial score (nSPS) is 15.9. The van der Waals surface area contributed by atoms with Gasteiger partial charge in [0, 0.05) is 21.9 Å². The maximum Gasteiger partial charge on any atom is 0.341 e. The standard InChI is InChI=1S/C21H25NO3S2/c1-13-4-7-15(8-5-13)26-11-10-18(23)22-20-19(21(24)25-3)16-9-6-14(2)12-17(16)27-20/h4-5,7-8,14H,6,9-12H2,1-3H3,(H,22,23)/t14-/m1/s1. The Bertz CT molecular complexity index is 827. The average molecular weight is 404 g/mol. The van der Waals surface area contributed by atoms with Crippen LogP contribution in [0.25, 0.3) is 0 Å². The van der Waals surface area contributed by atoms with Crippen LogP contribution >= 0.6 is 23.1 Å². The number of fused-ring (bicyclic) bond motifs is 1. The van der Waals surface area contributed by atoms with Crippen molar-refractivity contribution < 1.29 is 14.3 Å². The third-order valence-electron chi connectivity index (χ3n) is 4.77. The highest BCUT2D eigenvalue weighted by atomic mass is 32.2. The molecule has 0 saturated heterocycles. The highest BCUT2D eigenvalue weighted by Gasteiger charge is 2.28. The van der Waals surface area contributed by atoms with Crippen LogP contribution in [0.1, 0.15) is 46.1 Å². The monoisotopic (exact) mass is 403 g/mol. The van der Waals surface area contributed by atoms with Gasteiger partial charge in [-0.15, -0.1) is 23.1 Å². The average Bonchev–Trinajstić information content (AvgIpc) is 2.99. The first kappa shape index (κ1) is 20.0. The summed E-state index contributed by atoms with van der Waals surface area (Å²) < 4.78 is 4.97. The number of anilines is 1. The largest absolute Gasteiger partial charge is 0.465 e. The molecule has 2 aromatic rings. The van der Waals surface area contributed by atoms with Crippen molar-refractivity contribution in [2.24, 2.45) is 5.92 Å². The number of thiophene rings is 1. The zero-order chi connectivity index (χ0) is 19.4. The molecule has 1 heterocycles. The molecule has 27 heavy (non-hydrogen) atoms. The Morgan fingerprint density at radius 3 is 2.74 bits per heavy atom. The number of nitrogens with one attached hydrogen (secondary N) is 1. The summed E-state index contributed by atoms with van der Waals surface area (Å²) in [4.78, 5) is 27.1. The van der Waals surface area contributed by atoms with Crippen molar-refractivity contribution >= 4 is 40.0 Å². The number of rotatable bonds is 6. The van der Waals surface area contributed by atoms with E-state index in [1.807, 2.05) is 0 Å². The Morgan fingerprint density at radius 1 is 1.30 bits per heavy atom. The maximum atomic E-state index is 12.4. The number of hydrogen-bond donors (Lipinski definition) is 1. The Balaban J connectivity index is 1.64. The number of esters is 1. The lowest BCUT2D eigenvalue weighted by Crippen LogP contribution is -2.16. The number of carbonyl (C=O) groups is 2. The molecular formula is C21H25NO3S2. The van der Waals surface area contributed by atoms with Gasteiger partial charge >= 0.3 is 5.97 Å². The van der Waals surface area contributed by atoms with E-state index >= 15 is 0 Å². The number of benzene rings is 1. The Kier molecular flexibility index (Phi) is 6.60. The highest BCUT2D eigenvalue weighted by molar-refractivity contribution is 7.99. The van der Waals surface area contributed by atoms with Crippen LogP contribution in [0, 0.1) is 12.8 Å². The quantitative estimate of drug-likeness (QED) is 0.539. The summed E-state index contributed by atoms with van der Waals surface area (Å²) in [7, 11) is 1.39. The van der Waals surface area contributed by atoms with E-state index in [4.69, 9.17) is 4.74 Å². The Labute approximate surface area is 168 Å². The first-order valence-electron chi connectivity index (χ1n) is 9.20. The fourth-order valence-corrected chi connectivity index (χ4v) is 5.51. The number of amides is 1. The van der Waals surface area contributed by atoms with Gasteiger partial charge in [0.15, 0.2) is 0 Å². The van der Waals surface area contributed by atoms with E-state index in [1.54, 1.807) is 11.8 Å². The van der Waals surface area contributed by atoms with Crippen molar-refractivity contribution in [1.29, 1.82) is 0 Å². The van der Waals surface area contributed by atoms with Gasteiger partial charge in [0.2, 0.25) is 5.91 Å². The van der Waals surface area contributed by atoms with E-state index in [2.05, 4.69) is 43.4 Å². The Hall–Kier alpha value is -1.79. The summed E-state index contributed by atoms with van der Waals surface area (Å²) in [5.41, 5.74) is 2.85. The van der Waals surface area contributed by atoms with Crippen LogP contribution in [0.3, 0.4) is 0 Å². The SMILES string of the molecule is COC(=O)c1c(NC(=O)CCSc2ccc(C)cc2)sc2c1CC[C@@H](C)C2. The fourth-order valence-electron chi connectivity index (χ4n) is 3.24. The number of ether oxygens (including phenoxy) is 1. The first-order valence-corrected chi connectivity index (χ1v) is 11.0. The van der Waals surface area contributed by atoms with Gasteiger partial charge in [-0.3, -0.25) is 4.79 Å². The van der Waals surface area contributed by atoms with Crippen LogP contribution in [-0.4, -0.2) is 24.7 Å². The van der Waals surface area contributed by atoms with Crippen molar-refractivity contribution in [3.63, 3.8) is 0 Å². The van der Waals surface area contributed by atoms with Gasteiger partial charge in [0.25, 0.3) is 0 Å². The summed E-state index contributed by atoms with van der Waals surface area (Å²) >= 11 is 3.19. The van der Waals surface area contributed by atoms with E-state index in [0.29, 0.717) is 28.7 Å². The van der Waals surface area contributed by atoms with Crippen molar-refractivity contribution in [1.82, 2.24) is 0 Å². The third kappa shape index (κ3) is 4.93. The van der Waals surface area contributed by atoms with E-state index in [1.165, 1.54) is 28.9 Å². The lowest BCUT2D eigenvalue weighted by Gasteiger charge is -2.18. The van der Waals surface area contributed by atoms with Crippen molar-refractivity contribution in [2.75, 3.05) is 18.2 Å². The number of aryl methyl sites for hydroxylation is 1. The highest BCUT2D eigenvalue weighted by Crippen LogP contribution is 2.40. The van der Waals surface area contributed by atoms with E-state index < -0.39 is 0 Å². The number of thioether (sulfide) groups is 1. The molecule has 1 aliphatic rings. The molecule has 0 aliphatic heterocycles. The predicted molar refractivity (Wildman–Crippen MR) is 112 cm³/mol. The minimum Gasteiger partial charge on any atom is -0.465 e. The Morgan fingerprint density at radius 2 is 2.04 bits per heavy atom. The maximum absolute atomic E-state index is 12.4. The van der Waals surface area contributed by atoms with Crippen LogP contribution in [-0.2, 0) is 22.4 Å². The zero-order valence-electron chi connectivity index (χ0n) is 16.0. The number of methoxy groups -OCH3 is 1. The molecule has 1 atom stereocenters. The van der Waals surface area contributed by atoms with E-state index in [9.17, 15) is 9.59 Å². The molecule has 0 radical (unpaired) electrons. The lowest BCUT2D eigenvalue weighted by molar-refractivity contribution is -0.115. The molecule has 144 valence electrons. The molecule has 0 spiro atoms. The second-order valence-corrected chi connectivity index (χ2v) is 9.28. The topological polar surface area (TPSA) is 55.4 Å². The van der Waals surface area contributed by atoms with Crippen molar-refractivity contribution in [3.05, 3.63) is 45.8 Å². The fraction of sp³-hybridized carbons (Fsp3) is 0.429. The molecule has 3 rings (SSSR count). The van der Waals surface area contributed by atoms with Gasteiger partial charge in [-0.2, -0.15) is 0 Å². The van der Waals surface area contributed by atoms with Gasteiger partial charge in [0.05, 0.1) is 12.7 Å². The molecular weight excluding hydrogens is 378 g/mol. The molecule has 0 fully saturated rings. The third-order valence-corrected chi connectivity index (χ3v) is 6.96. The van der Waals surface area contributed by atoms with Gasteiger partial charge in [0.1, 0.15) is 5.00 Å². The molecule has 0 bridgehead atoms. The molecule has 6 heteroatoms. The van der Waals surface area contributed by atoms with Crippen LogP contribution in [0.2, 0.25) is 0 Å². The molecule has 0 saturated carbocycles. The summed E-state index contributed by atoms with van der Waals surface area (Å²) in [5.74, 6) is 0.888. The second kappa shape index (κ2) is 8.93. The minimum atomic E-state index is -0.355. The molecule has 4 nitrogen and oxygen atoms in total. The van der Waals surface area contributed by atoms with Crippen LogP contribution in [0.15, 0.2) is 29.2 Å². The van der Waals surface area contributed by atoms with Gasteiger partial charge in [-0.25, -0.2) is 4.79 Å². The molecule has 1 aromatic heterocycles. The molecule has 1 aliphatic carbocycles. The molecule has 1 aromatic carbocycles. The minimum absolute atomic E-state index is 0.0635. The van der Waals surface area contributed by atoms with Crippen molar-refractivity contribution in [3.8, 4) is 0 Å². The van der Waals surface area contributed by atoms with Crippen LogP contribution in [0.4, 0.5) is 5.00 Å². The van der Waals surface area contributed by atoms with Gasteiger partial charge in [-0.1, -0.05) is 24.6 Å². The van der Waals surface area contributed by atoms with Gasteiger partial charge in [-0.05, 0) is 49.8 Å². The van der Waals surface area contributed by atoms with E-state index in [-0.39, 0.29) is 11.9 Å². The van der Waals surface area contributed by atoms with Gasteiger partial charge < -0.3 is 10.1 Å². The molecule has 1 amide bonds. The first-order chi connectivity index (χ1) is 13.0. The number of hydrogen-bond acceptors (Lipinski definition) is 5. The smallest absolute Gasteiger partial charge is 0.341 e. The summed E-state index contributed by atoms with van der Waals surface area (Å²) in [6.45, 7) is 4.28.